The number of aromatic nitrogens is 4. The van der Waals surface area contributed by atoms with Crippen LogP contribution in [0.4, 0.5) is 0 Å². The molecule has 9 nitrogen and oxygen atoms in total. The van der Waals surface area contributed by atoms with Gasteiger partial charge in [-0.1, -0.05) is 0 Å². The summed E-state index contributed by atoms with van der Waals surface area (Å²) in [4.78, 5) is 21.4. The number of hydrogen-bond donors (Lipinski definition) is 1. The van der Waals surface area contributed by atoms with Gasteiger partial charge in [-0.2, -0.15) is 10.2 Å². The smallest absolute Gasteiger partial charge is 0.870 e. The number of carboxylic acid groups (broad SMARTS) is 1. The van der Waals surface area contributed by atoms with E-state index in [9.17, 15) is 9.59 Å². The fourth-order valence-electron chi connectivity index (χ4n) is 2.09. The molecule has 0 aliphatic heterocycles. The summed E-state index contributed by atoms with van der Waals surface area (Å²) in [6, 6.07) is 4.19. The van der Waals surface area contributed by atoms with Crippen molar-refractivity contribution < 1.29 is 43.8 Å². The van der Waals surface area contributed by atoms with Gasteiger partial charge in [-0.05, 0) is 37.8 Å². The molecule has 0 radical (unpaired) electrons. The first-order chi connectivity index (χ1) is 11.1. The van der Waals surface area contributed by atoms with E-state index in [0.29, 0.717) is 17.8 Å². The van der Waals surface area contributed by atoms with E-state index in [4.69, 9.17) is 5.11 Å². The van der Waals surface area contributed by atoms with Gasteiger partial charge in [0.05, 0.1) is 19.2 Å². The Morgan fingerprint density at radius 1 is 1.04 bits per heavy atom. The van der Waals surface area contributed by atoms with E-state index in [0.717, 1.165) is 12.8 Å². The number of ether oxygens (including phenoxy) is 1. The zero-order valence-corrected chi connectivity index (χ0v) is 14.2. The third-order valence-electron chi connectivity index (χ3n) is 3.67. The van der Waals surface area contributed by atoms with E-state index in [2.05, 4.69) is 14.9 Å². The number of carbonyl (C=O) groups is 2. The third-order valence-corrected chi connectivity index (χ3v) is 3.67. The molecule has 4 rings (SSSR count). The van der Waals surface area contributed by atoms with E-state index in [1.54, 1.807) is 16.9 Å². The Balaban J connectivity index is 0.000000232. The second kappa shape index (κ2) is 8.85. The number of aromatic carboxylic acids is 1. The number of methoxy groups -OCH3 is 1. The molecule has 10 heteroatoms. The Morgan fingerprint density at radius 2 is 1.48 bits per heavy atom. The second-order valence-corrected chi connectivity index (χ2v) is 5.62. The molecule has 0 bridgehead atoms. The van der Waals surface area contributed by atoms with Gasteiger partial charge in [0.2, 0.25) is 0 Å². The summed E-state index contributed by atoms with van der Waals surface area (Å²) < 4.78 is 8.09. The molecule has 2 N–H and O–H groups in total. The van der Waals surface area contributed by atoms with E-state index in [-0.39, 0.29) is 36.0 Å². The molecule has 0 amide bonds. The topological polar surface area (TPSA) is 129 Å². The van der Waals surface area contributed by atoms with Crippen molar-refractivity contribution in [2.75, 3.05) is 7.11 Å². The molecule has 2 aromatic rings. The summed E-state index contributed by atoms with van der Waals surface area (Å²) in [6.45, 7) is 0. The molecule has 2 fully saturated rings. The van der Waals surface area contributed by atoms with Crippen LogP contribution < -0.4 is 18.9 Å². The molecule has 2 heterocycles. The summed E-state index contributed by atoms with van der Waals surface area (Å²) in [5, 5.41) is 16.5. The van der Waals surface area contributed by atoms with Crippen molar-refractivity contribution in [3.05, 3.63) is 35.9 Å². The van der Waals surface area contributed by atoms with Crippen molar-refractivity contribution in [2.24, 2.45) is 0 Å². The Morgan fingerprint density at radius 3 is 1.84 bits per heavy atom. The number of carboxylic acids is 1. The molecular weight excluding hydrogens is 323 g/mol. The summed E-state index contributed by atoms with van der Waals surface area (Å²) in [6.07, 6.45) is 8.14. The maximum atomic E-state index is 11.0. The minimum atomic E-state index is -0.954. The molecule has 2 saturated carbocycles. The van der Waals surface area contributed by atoms with Crippen LogP contribution in [0.5, 0.6) is 0 Å². The molecule has 2 aromatic heterocycles. The summed E-state index contributed by atoms with van der Waals surface area (Å²) >= 11 is 0. The van der Waals surface area contributed by atoms with Crippen molar-refractivity contribution in [1.82, 2.24) is 19.6 Å². The van der Waals surface area contributed by atoms with Crippen LogP contribution in [0.25, 0.3) is 0 Å². The molecule has 2 aliphatic carbocycles. The predicted octanol–water partition coefficient (Wildman–Crippen LogP) is -1.25. The molecule has 0 atom stereocenters. The van der Waals surface area contributed by atoms with Crippen LogP contribution in [0.2, 0.25) is 0 Å². The SMILES string of the molecule is COC(=O)c1ccn(C2CC2)n1.O=C(O)c1ccn(C2CC2)n1.[Li+].[OH-]. The Hall–Kier alpha value is -2.08. The average molecular weight is 342 g/mol. The van der Waals surface area contributed by atoms with Crippen LogP contribution in [0.15, 0.2) is 24.5 Å². The van der Waals surface area contributed by atoms with E-state index in [1.807, 2.05) is 10.9 Å². The van der Waals surface area contributed by atoms with Crippen LogP contribution in [-0.4, -0.2) is 49.2 Å². The summed E-state index contributed by atoms with van der Waals surface area (Å²) in [5.41, 5.74) is 0.529. The predicted molar refractivity (Wildman–Crippen MR) is 81.2 cm³/mol. The molecule has 0 spiro atoms. The monoisotopic (exact) mass is 342 g/mol. The zero-order valence-electron chi connectivity index (χ0n) is 14.2. The summed E-state index contributed by atoms with van der Waals surface area (Å²) in [5.74, 6) is -1.32. The Labute approximate surface area is 156 Å². The minimum Gasteiger partial charge on any atom is -0.870 e. The van der Waals surface area contributed by atoms with Gasteiger partial charge >= 0.3 is 30.8 Å². The number of hydrogen-bond acceptors (Lipinski definition) is 6. The van der Waals surface area contributed by atoms with Crippen LogP contribution in [0.3, 0.4) is 0 Å². The normalized spacial score (nSPS) is 15.1. The van der Waals surface area contributed by atoms with Crippen molar-refractivity contribution >= 4 is 11.9 Å². The van der Waals surface area contributed by atoms with Gasteiger partial charge in [0.15, 0.2) is 11.4 Å². The second-order valence-electron chi connectivity index (χ2n) is 5.62. The van der Waals surface area contributed by atoms with E-state index < -0.39 is 5.97 Å². The summed E-state index contributed by atoms with van der Waals surface area (Å²) in [7, 11) is 1.36. The van der Waals surface area contributed by atoms with Crippen LogP contribution in [0.1, 0.15) is 58.7 Å². The standard InChI is InChI=1S/C8H10N2O2.C7H8N2O2.Li.H2O/c1-12-8(11)7-4-5-10(9-7)6-2-3-6;10-7(11)6-3-4-9(8-6)5-1-2-5;;/h4-6H,2-3H2,1H3;3-5H,1-2H2,(H,10,11);;1H2/q;;+1;/p-1. The third kappa shape index (κ3) is 5.46. The molecule has 0 aromatic carbocycles. The van der Waals surface area contributed by atoms with Gasteiger partial charge in [0.25, 0.3) is 0 Å². The van der Waals surface area contributed by atoms with Crippen molar-refractivity contribution in [2.45, 2.75) is 37.8 Å². The maximum absolute atomic E-state index is 11.0. The van der Waals surface area contributed by atoms with Gasteiger partial charge in [-0.25, -0.2) is 9.59 Å². The maximum Gasteiger partial charge on any atom is 1.00 e. The van der Waals surface area contributed by atoms with Gasteiger partial charge in [-0.3, -0.25) is 9.36 Å². The number of esters is 1. The van der Waals surface area contributed by atoms with Crippen molar-refractivity contribution in [3.8, 4) is 0 Å². The zero-order chi connectivity index (χ0) is 16.4. The molecular formula is C15H19LiN4O5. The van der Waals surface area contributed by atoms with Crippen LogP contribution >= 0.6 is 0 Å². The van der Waals surface area contributed by atoms with Gasteiger partial charge in [-0.15, -0.1) is 0 Å². The molecule has 25 heavy (non-hydrogen) atoms. The van der Waals surface area contributed by atoms with Crippen molar-refractivity contribution in [1.29, 1.82) is 0 Å². The average Bonchev–Trinajstić information content (AvgIpc) is 3.48. The van der Waals surface area contributed by atoms with Crippen molar-refractivity contribution in [3.63, 3.8) is 0 Å². The Bertz CT molecular complexity index is 721. The quantitative estimate of drug-likeness (QED) is 0.543. The molecule has 2 aliphatic rings. The van der Waals surface area contributed by atoms with Gasteiger partial charge < -0.3 is 15.3 Å². The first-order valence-electron chi connectivity index (χ1n) is 7.50. The van der Waals surface area contributed by atoms with E-state index in [1.165, 1.54) is 26.0 Å². The van der Waals surface area contributed by atoms with Crippen LogP contribution in [0, 0.1) is 0 Å². The number of nitrogens with zero attached hydrogens (tertiary/aromatic N) is 4. The molecule has 130 valence electrons. The fraction of sp³-hybridized carbons (Fsp3) is 0.467. The first-order valence-corrected chi connectivity index (χ1v) is 7.50. The van der Waals surface area contributed by atoms with Crippen LogP contribution in [-0.2, 0) is 4.74 Å². The van der Waals surface area contributed by atoms with Gasteiger partial charge in [0.1, 0.15) is 0 Å². The van der Waals surface area contributed by atoms with E-state index >= 15 is 0 Å². The number of carbonyl (C=O) groups excluding carboxylic acids is 1. The number of rotatable bonds is 4. The minimum absolute atomic E-state index is 0. The molecule has 0 saturated heterocycles. The molecule has 0 unspecified atom stereocenters. The Kier molecular flexibility index (Phi) is 7.42. The van der Waals surface area contributed by atoms with Gasteiger partial charge in [0, 0.05) is 12.4 Å². The first kappa shape index (κ1) is 21.0. The largest absolute Gasteiger partial charge is 1.00 e. The fourth-order valence-corrected chi connectivity index (χ4v) is 2.09.